The highest BCUT2D eigenvalue weighted by Gasteiger charge is 2.13. The fraction of sp³-hybridized carbons (Fsp3) is 0.385. The highest BCUT2D eigenvalue weighted by molar-refractivity contribution is 5.69. The molecule has 1 aliphatic carbocycles. The van der Waals surface area contributed by atoms with Gasteiger partial charge in [-0.3, -0.25) is 0 Å². The van der Waals surface area contributed by atoms with Gasteiger partial charge in [-0.2, -0.15) is 0 Å². The average Bonchev–Trinajstić information content (AvgIpc) is 2.50. The average molecular weight is 187 g/mol. The monoisotopic (exact) mass is 187 g/mol. The maximum absolute atomic E-state index is 5.86. The molecule has 1 unspecified atom stereocenters. The summed E-state index contributed by atoms with van der Waals surface area (Å²) in [6, 6.07) is 6.97. The molecule has 1 nitrogen and oxygen atoms in total. The van der Waals surface area contributed by atoms with Crippen molar-refractivity contribution in [3.8, 4) is 0 Å². The molecule has 1 heteroatoms. The molecular formula is C13H17N. The van der Waals surface area contributed by atoms with Crippen LogP contribution in [0.4, 0.5) is 0 Å². The number of hydrogen-bond acceptors (Lipinski definition) is 1. The summed E-state index contributed by atoms with van der Waals surface area (Å²) in [5, 5.41) is 0. The first-order valence-electron chi connectivity index (χ1n) is 5.20. The normalized spacial score (nSPS) is 21.1. The smallest absolute Gasteiger partial charge is 0.0232 e. The van der Waals surface area contributed by atoms with Crippen molar-refractivity contribution in [3.05, 3.63) is 41.0 Å². The van der Waals surface area contributed by atoms with Gasteiger partial charge in [0.05, 0.1) is 0 Å². The van der Waals surface area contributed by atoms with E-state index < -0.39 is 0 Å². The van der Waals surface area contributed by atoms with Gasteiger partial charge in [0.15, 0.2) is 0 Å². The van der Waals surface area contributed by atoms with Crippen LogP contribution in [-0.2, 0) is 0 Å². The van der Waals surface area contributed by atoms with Gasteiger partial charge in [0.25, 0.3) is 0 Å². The van der Waals surface area contributed by atoms with E-state index in [2.05, 4.69) is 38.1 Å². The quantitative estimate of drug-likeness (QED) is 0.718. The Morgan fingerprint density at radius 3 is 2.29 bits per heavy atom. The standard InChI is InChI=1S/C13H17N/c1-9-5-10(2)7-12(6-9)11-3-4-13(14)8-11/h5-8,13H,3-4,14H2,1-2H3. The van der Waals surface area contributed by atoms with E-state index in [-0.39, 0.29) is 6.04 Å². The zero-order valence-corrected chi connectivity index (χ0v) is 8.88. The van der Waals surface area contributed by atoms with Crippen molar-refractivity contribution in [1.82, 2.24) is 0 Å². The van der Waals surface area contributed by atoms with Crippen LogP contribution < -0.4 is 5.73 Å². The van der Waals surface area contributed by atoms with E-state index in [1.807, 2.05) is 0 Å². The van der Waals surface area contributed by atoms with Gasteiger partial charge < -0.3 is 5.73 Å². The van der Waals surface area contributed by atoms with Gasteiger partial charge in [-0.25, -0.2) is 0 Å². The van der Waals surface area contributed by atoms with E-state index in [4.69, 9.17) is 5.73 Å². The topological polar surface area (TPSA) is 26.0 Å². The molecule has 74 valence electrons. The SMILES string of the molecule is Cc1cc(C)cc(C2=CC(N)CC2)c1. The molecule has 1 aromatic carbocycles. The largest absolute Gasteiger partial charge is 0.324 e. The van der Waals surface area contributed by atoms with E-state index in [1.54, 1.807) is 0 Å². The Morgan fingerprint density at radius 1 is 1.14 bits per heavy atom. The fourth-order valence-corrected chi connectivity index (χ4v) is 2.15. The minimum atomic E-state index is 0.269. The van der Waals surface area contributed by atoms with Crippen LogP contribution >= 0.6 is 0 Å². The van der Waals surface area contributed by atoms with Crippen LogP contribution in [0, 0.1) is 13.8 Å². The zero-order chi connectivity index (χ0) is 10.1. The molecule has 0 fully saturated rings. The minimum absolute atomic E-state index is 0.269. The van der Waals surface area contributed by atoms with E-state index >= 15 is 0 Å². The number of allylic oxidation sites excluding steroid dienone is 1. The molecule has 1 aliphatic rings. The van der Waals surface area contributed by atoms with Crippen molar-refractivity contribution in [2.24, 2.45) is 5.73 Å². The molecule has 0 amide bonds. The maximum Gasteiger partial charge on any atom is 0.0232 e. The summed E-state index contributed by atoms with van der Waals surface area (Å²) in [6.07, 6.45) is 4.43. The van der Waals surface area contributed by atoms with Crippen molar-refractivity contribution in [2.45, 2.75) is 32.7 Å². The van der Waals surface area contributed by atoms with Crippen molar-refractivity contribution in [2.75, 3.05) is 0 Å². The van der Waals surface area contributed by atoms with Crippen molar-refractivity contribution in [1.29, 1.82) is 0 Å². The van der Waals surface area contributed by atoms with Crippen LogP contribution in [0.3, 0.4) is 0 Å². The Hall–Kier alpha value is -1.08. The third-order valence-corrected chi connectivity index (χ3v) is 2.75. The molecule has 1 aromatic rings. The molecule has 0 spiro atoms. The van der Waals surface area contributed by atoms with Gasteiger partial charge in [0.1, 0.15) is 0 Å². The Balaban J connectivity index is 2.37. The zero-order valence-electron chi connectivity index (χ0n) is 8.88. The van der Waals surface area contributed by atoms with Crippen molar-refractivity contribution >= 4 is 5.57 Å². The number of benzene rings is 1. The summed E-state index contributed by atoms with van der Waals surface area (Å²) in [7, 11) is 0. The number of hydrogen-bond donors (Lipinski definition) is 1. The molecule has 2 rings (SSSR count). The second kappa shape index (κ2) is 3.58. The van der Waals surface area contributed by atoms with E-state index in [9.17, 15) is 0 Å². The molecule has 0 aliphatic heterocycles. The third-order valence-electron chi connectivity index (χ3n) is 2.75. The van der Waals surface area contributed by atoms with Crippen molar-refractivity contribution in [3.63, 3.8) is 0 Å². The van der Waals surface area contributed by atoms with Gasteiger partial charge >= 0.3 is 0 Å². The van der Waals surface area contributed by atoms with Crippen LogP contribution in [0.1, 0.15) is 29.5 Å². The van der Waals surface area contributed by atoms with E-state index in [1.165, 1.54) is 22.3 Å². The highest BCUT2D eigenvalue weighted by atomic mass is 14.6. The first kappa shape index (κ1) is 9.47. The predicted molar refractivity (Wildman–Crippen MR) is 61.1 cm³/mol. The minimum Gasteiger partial charge on any atom is -0.324 e. The van der Waals surface area contributed by atoms with Gasteiger partial charge in [-0.1, -0.05) is 35.4 Å². The van der Waals surface area contributed by atoms with Gasteiger partial charge in [0, 0.05) is 6.04 Å². The van der Waals surface area contributed by atoms with Crippen LogP contribution in [0.25, 0.3) is 5.57 Å². The summed E-state index contributed by atoms with van der Waals surface area (Å²) in [4.78, 5) is 0. The Morgan fingerprint density at radius 2 is 1.79 bits per heavy atom. The van der Waals surface area contributed by atoms with Crippen LogP contribution in [-0.4, -0.2) is 6.04 Å². The lowest BCUT2D eigenvalue weighted by atomic mass is 10.0. The number of rotatable bonds is 1. The summed E-state index contributed by atoms with van der Waals surface area (Å²) < 4.78 is 0. The Bertz CT molecular complexity index is 357. The molecular weight excluding hydrogens is 170 g/mol. The highest BCUT2D eigenvalue weighted by Crippen LogP contribution is 2.28. The first-order chi connectivity index (χ1) is 6.65. The Kier molecular flexibility index (Phi) is 2.42. The van der Waals surface area contributed by atoms with Crippen LogP contribution in [0.2, 0.25) is 0 Å². The van der Waals surface area contributed by atoms with Crippen LogP contribution in [0.5, 0.6) is 0 Å². The van der Waals surface area contributed by atoms with Gasteiger partial charge in [-0.05, 0) is 37.8 Å². The lowest BCUT2D eigenvalue weighted by Gasteiger charge is -2.05. The molecule has 0 bridgehead atoms. The second-order valence-electron chi connectivity index (χ2n) is 4.27. The van der Waals surface area contributed by atoms with Gasteiger partial charge in [0.2, 0.25) is 0 Å². The molecule has 14 heavy (non-hydrogen) atoms. The van der Waals surface area contributed by atoms with Crippen LogP contribution in [0.15, 0.2) is 24.3 Å². The predicted octanol–water partition coefficient (Wildman–Crippen LogP) is 2.81. The third kappa shape index (κ3) is 1.88. The van der Waals surface area contributed by atoms with Gasteiger partial charge in [-0.15, -0.1) is 0 Å². The summed E-state index contributed by atoms with van der Waals surface area (Å²) in [5.41, 5.74) is 11.3. The fourth-order valence-electron chi connectivity index (χ4n) is 2.15. The maximum atomic E-state index is 5.86. The molecule has 0 saturated heterocycles. The summed E-state index contributed by atoms with van der Waals surface area (Å²) >= 11 is 0. The molecule has 2 N–H and O–H groups in total. The number of nitrogens with two attached hydrogens (primary N) is 1. The van der Waals surface area contributed by atoms with E-state index in [0.717, 1.165) is 12.8 Å². The Labute approximate surface area is 85.6 Å². The molecule has 0 radical (unpaired) electrons. The molecule has 1 atom stereocenters. The first-order valence-corrected chi connectivity index (χ1v) is 5.20. The van der Waals surface area contributed by atoms with E-state index in [0.29, 0.717) is 0 Å². The molecule has 0 heterocycles. The lowest BCUT2D eigenvalue weighted by molar-refractivity contribution is 0.782. The molecule has 0 aromatic heterocycles. The lowest BCUT2D eigenvalue weighted by Crippen LogP contribution is -2.11. The summed E-state index contributed by atoms with van der Waals surface area (Å²) in [6.45, 7) is 4.29. The second-order valence-corrected chi connectivity index (χ2v) is 4.27. The van der Waals surface area contributed by atoms with Crippen molar-refractivity contribution < 1.29 is 0 Å². The summed E-state index contributed by atoms with van der Waals surface area (Å²) in [5.74, 6) is 0. The molecule has 0 saturated carbocycles. The number of aryl methyl sites for hydroxylation is 2.